The van der Waals surface area contributed by atoms with Gasteiger partial charge >= 0.3 is 0 Å². The number of guanidine groups is 1. The molecule has 0 aromatic carbocycles. The number of likely N-dealkylation sites (tertiary alicyclic amines) is 1. The first-order valence-electron chi connectivity index (χ1n) is 7.85. The van der Waals surface area contributed by atoms with Crippen molar-refractivity contribution < 1.29 is 9.00 Å². The normalized spacial score (nSPS) is 19.0. The Balaban J connectivity index is 2.32. The summed E-state index contributed by atoms with van der Waals surface area (Å²) in [6.45, 7) is 9.78. The first kappa shape index (κ1) is 18.9. The molecule has 1 amide bonds. The van der Waals surface area contributed by atoms with Crippen molar-refractivity contribution in [3.8, 4) is 0 Å². The molecule has 1 heterocycles. The van der Waals surface area contributed by atoms with E-state index in [1.54, 1.807) is 14.0 Å². The molecule has 1 aliphatic rings. The molecule has 1 aliphatic heterocycles. The summed E-state index contributed by atoms with van der Waals surface area (Å²) >= 11 is 0. The van der Waals surface area contributed by atoms with Gasteiger partial charge in [0.15, 0.2) is 5.96 Å². The Hall–Kier alpha value is -1.11. The van der Waals surface area contributed by atoms with Gasteiger partial charge in [0.2, 0.25) is 5.91 Å². The van der Waals surface area contributed by atoms with Gasteiger partial charge in [-0.2, -0.15) is 0 Å². The van der Waals surface area contributed by atoms with Gasteiger partial charge in [0.1, 0.15) is 0 Å². The Labute approximate surface area is 136 Å². The highest BCUT2D eigenvalue weighted by molar-refractivity contribution is 7.86. The molecular weight excluding hydrogens is 300 g/mol. The second-order valence-electron chi connectivity index (χ2n) is 6.59. The second-order valence-corrected chi connectivity index (χ2v) is 8.91. The fourth-order valence-electron chi connectivity index (χ4n) is 2.30. The first-order valence-corrected chi connectivity index (χ1v) is 9.17. The van der Waals surface area contributed by atoms with Crippen molar-refractivity contribution in [2.45, 2.75) is 51.3 Å². The van der Waals surface area contributed by atoms with Crippen LogP contribution in [0, 0.1) is 0 Å². The fourth-order valence-corrected chi connectivity index (χ4v) is 3.19. The molecule has 1 atom stereocenters. The number of piperidine rings is 1. The highest BCUT2D eigenvalue weighted by Crippen LogP contribution is 2.11. The van der Waals surface area contributed by atoms with E-state index in [1.807, 2.05) is 25.7 Å². The Morgan fingerprint density at radius 1 is 1.32 bits per heavy atom. The SMILES string of the molecule is CN=C(NCCS(=O)C(C)(C)C)NC1CCN(C(C)=O)CC1. The van der Waals surface area contributed by atoms with E-state index in [1.165, 1.54) is 0 Å². The molecular formula is C15H30N4O2S. The maximum Gasteiger partial charge on any atom is 0.219 e. The molecule has 0 bridgehead atoms. The van der Waals surface area contributed by atoms with E-state index in [9.17, 15) is 9.00 Å². The molecule has 0 aromatic heterocycles. The molecule has 128 valence electrons. The quantitative estimate of drug-likeness (QED) is 0.588. The Morgan fingerprint density at radius 3 is 2.36 bits per heavy atom. The standard InChI is InChI=1S/C15H30N4O2S/c1-12(20)19-9-6-13(7-10-19)18-14(16-5)17-8-11-22(21)15(2,3)4/h13H,6-11H2,1-5H3,(H2,16,17,18). The molecule has 0 aliphatic carbocycles. The van der Waals surface area contributed by atoms with Crippen LogP contribution in [-0.2, 0) is 15.6 Å². The molecule has 1 rings (SSSR count). The predicted molar refractivity (Wildman–Crippen MR) is 92.5 cm³/mol. The van der Waals surface area contributed by atoms with E-state index < -0.39 is 10.8 Å². The highest BCUT2D eigenvalue weighted by atomic mass is 32.2. The summed E-state index contributed by atoms with van der Waals surface area (Å²) in [6.07, 6.45) is 1.85. The van der Waals surface area contributed by atoms with Crippen LogP contribution in [0.25, 0.3) is 0 Å². The summed E-state index contributed by atoms with van der Waals surface area (Å²) in [4.78, 5) is 17.4. The predicted octanol–water partition coefficient (Wildman–Crippen LogP) is 0.710. The third-order valence-electron chi connectivity index (χ3n) is 3.77. The summed E-state index contributed by atoms with van der Waals surface area (Å²) in [6, 6.07) is 0.329. The number of hydrogen-bond donors (Lipinski definition) is 2. The third-order valence-corrected chi connectivity index (χ3v) is 5.71. The molecule has 0 saturated carbocycles. The molecule has 6 nitrogen and oxygen atoms in total. The molecule has 0 spiro atoms. The van der Waals surface area contributed by atoms with Crippen LogP contribution in [0.5, 0.6) is 0 Å². The van der Waals surface area contributed by atoms with Crippen LogP contribution >= 0.6 is 0 Å². The Kier molecular flexibility index (Phi) is 7.32. The lowest BCUT2D eigenvalue weighted by Crippen LogP contribution is -2.50. The largest absolute Gasteiger partial charge is 0.355 e. The number of amides is 1. The molecule has 0 aromatic rings. The number of carbonyl (C=O) groups excluding carboxylic acids is 1. The van der Waals surface area contributed by atoms with Crippen molar-refractivity contribution in [1.29, 1.82) is 0 Å². The van der Waals surface area contributed by atoms with Crippen LogP contribution in [0.3, 0.4) is 0 Å². The molecule has 2 N–H and O–H groups in total. The lowest BCUT2D eigenvalue weighted by molar-refractivity contribution is -0.129. The fraction of sp³-hybridized carbons (Fsp3) is 0.867. The highest BCUT2D eigenvalue weighted by Gasteiger charge is 2.22. The number of carbonyl (C=O) groups is 1. The van der Waals surface area contributed by atoms with E-state index in [0.717, 1.165) is 31.9 Å². The average Bonchev–Trinajstić information content (AvgIpc) is 2.45. The summed E-state index contributed by atoms with van der Waals surface area (Å²) < 4.78 is 11.8. The van der Waals surface area contributed by atoms with E-state index in [2.05, 4.69) is 15.6 Å². The van der Waals surface area contributed by atoms with Gasteiger partial charge in [0.05, 0.1) is 0 Å². The van der Waals surface area contributed by atoms with Crippen LogP contribution in [0.1, 0.15) is 40.5 Å². The summed E-state index contributed by atoms with van der Waals surface area (Å²) in [5.74, 6) is 1.49. The van der Waals surface area contributed by atoms with Crippen LogP contribution < -0.4 is 10.6 Å². The van der Waals surface area contributed by atoms with E-state index >= 15 is 0 Å². The zero-order valence-corrected chi connectivity index (χ0v) is 15.3. The van der Waals surface area contributed by atoms with Crippen molar-refractivity contribution in [1.82, 2.24) is 15.5 Å². The second kappa shape index (κ2) is 8.50. The zero-order valence-electron chi connectivity index (χ0n) is 14.4. The van der Waals surface area contributed by atoms with Crippen LogP contribution in [-0.4, -0.2) is 64.2 Å². The number of nitrogens with one attached hydrogen (secondary N) is 2. The van der Waals surface area contributed by atoms with E-state index in [-0.39, 0.29) is 10.7 Å². The van der Waals surface area contributed by atoms with Gasteiger partial charge in [-0.3, -0.25) is 14.0 Å². The van der Waals surface area contributed by atoms with E-state index in [4.69, 9.17) is 0 Å². The smallest absolute Gasteiger partial charge is 0.219 e. The Bertz CT molecular complexity index is 424. The van der Waals surface area contributed by atoms with Gasteiger partial charge < -0.3 is 15.5 Å². The molecule has 1 fully saturated rings. The number of aliphatic imine (C=N–C) groups is 1. The minimum absolute atomic E-state index is 0.144. The first-order chi connectivity index (χ1) is 10.2. The third kappa shape index (κ3) is 6.34. The van der Waals surface area contributed by atoms with Crippen molar-refractivity contribution in [3.05, 3.63) is 0 Å². The van der Waals surface area contributed by atoms with Gasteiger partial charge in [-0.05, 0) is 33.6 Å². The minimum atomic E-state index is -0.862. The summed E-state index contributed by atoms with van der Waals surface area (Å²) in [5, 5.41) is 6.60. The summed E-state index contributed by atoms with van der Waals surface area (Å²) in [5.41, 5.74) is 0. The number of hydrogen-bond acceptors (Lipinski definition) is 3. The average molecular weight is 330 g/mol. The van der Waals surface area contributed by atoms with Gasteiger partial charge in [0, 0.05) is 60.9 Å². The van der Waals surface area contributed by atoms with E-state index in [0.29, 0.717) is 18.3 Å². The maximum absolute atomic E-state index is 12.0. The molecule has 22 heavy (non-hydrogen) atoms. The van der Waals surface area contributed by atoms with Crippen molar-refractivity contribution >= 4 is 22.7 Å². The molecule has 1 unspecified atom stereocenters. The van der Waals surface area contributed by atoms with Gasteiger partial charge in [-0.15, -0.1) is 0 Å². The van der Waals surface area contributed by atoms with Crippen LogP contribution in [0.2, 0.25) is 0 Å². The zero-order chi connectivity index (χ0) is 16.8. The van der Waals surface area contributed by atoms with Gasteiger partial charge in [0.25, 0.3) is 0 Å². The molecule has 1 saturated heterocycles. The lowest BCUT2D eigenvalue weighted by atomic mass is 10.1. The molecule has 0 radical (unpaired) electrons. The lowest BCUT2D eigenvalue weighted by Gasteiger charge is -2.32. The van der Waals surface area contributed by atoms with Gasteiger partial charge in [-0.1, -0.05) is 0 Å². The minimum Gasteiger partial charge on any atom is -0.355 e. The Morgan fingerprint density at radius 2 is 1.91 bits per heavy atom. The topological polar surface area (TPSA) is 73.8 Å². The summed E-state index contributed by atoms with van der Waals surface area (Å²) in [7, 11) is 0.875. The van der Waals surface area contributed by atoms with Gasteiger partial charge in [-0.25, -0.2) is 0 Å². The van der Waals surface area contributed by atoms with Crippen LogP contribution in [0.4, 0.5) is 0 Å². The van der Waals surface area contributed by atoms with Crippen molar-refractivity contribution in [2.24, 2.45) is 4.99 Å². The number of nitrogens with zero attached hydrogens (tertiary/aromatic N) is 2. The number of rotatable bonds is 4. The molecule has 7 heteroatoms. The monoisotopic (exact) mass is 330 g/mol. The maximum atomic E-state index is 12.0. The van der Waals surface area contributed by atoms with Crippen molar-refractivity contribution in [3.63, 3.8) is 0 Å². The van der Waals surface area contributed by atoms with Crippen molar-refractivity contribution in [2.75, 3.05) is 32.4 Å². The van der Waals surface area contributed by atoms with Crippen LogP contribution in [0.15, 0.2) is 4.99 Å².